The van der Waals surface area contributed by atoms with Crippen LogP contribution in [0, 0.1) is 0 Å². The Balaban J connectivity index is 1.48. The Morgan fingerprint density at radius 3 is 2.96 bits per heavy atom. The number of nitrogens with one attached hydrogen (secondary N) is 2. The molecule has 2 aromatic carbocycles. The highest BCUT2D eigenvalue weighted by Crippen LogP contribution is 2.38. The number of benzene rings is 2. The van der Waals surface area contributed by atoms with E-state index in [2.05, 4.69) is 19.6 Å². The number of hydrogen-bond acceptors (Lipinski definition) is 5. The average molecular weight is 396 g/mol. The maximum atomic E-state index is 12.7. The van der Waals surface area contributed by atoms with Crippen molar-refractivity contribution in [3.8, 4) is 11.5 Å². The number of nitrogens with zero attached hydrogens (tertiary/aromatic N) is 2. The maximum absolute atomic E-state index is 12.7. The van der Waals surface area contributed by atoms with Crippen molar-refractivity contribution < 1.29 is 13.2 Å². The summed E-state index contributed by atoms with van der Waals surface area (Å²) in [7, 11) is -3.55. The van der Waals surface area contributed by atoms with Crippen LogP contribution in [0.4, 0.5) is 5.69 Å². The van der Waals surface area contributed by atoms with Gasteiger partial charge in [0.1, 0.15) is 16.4 Å². The molecule has 28 heavy (non-hydrogen) atoms. The summed E-state index contributed by atoms with van der Waals surface area (Å²) in [6, 6.07) is 13.0. The zero-order valence-corrected chi connectivity index (χ0v) is 15.9. The number of anilines is 1. The van der Waals surface area contributed by atoms with E-state index in [0.717, 1.165) is 36.3 Å². The molecule has 0 bridgehead atoms. The largest absolute Gasteiger partial charge is 0.457 e. The average Bonchev–Trinajstić information content (AvgIpc) is 3.35. The second kappa shape index (κ2) is 6.65. The number of aromatic nitrogens is 2. The van der Waals surface area contributed by atoms with Gasteiger partial charge in [-0.05, 0) is 31.0 Å². The van der Waals surface area contributed by atoms with Crippen LogP contribution in [0.2, 0.25) is 0 Å². The minimum Gasteiger partial charge on any atom is -0.457 e. The third kappa shape index (κ3) is 3.04. The number of hydrogen-bond donors (Lipinski definition) is 2. The molecule has 7 nitrogen and oxygen atoms in total. The fraction of sp³-hybridized carbons (Fsp3) is 0.250. The highest BCUT2D eigenvalue weighted by Gasteiger charge is 2.37. The Labute approximate surface area is 163 Å². The van der Waals surface area contributed by atoms with Gasteiger partial charge >= 0.3 is 0 Å². The molecule has 2 aliphatic heterocycles. The molecule has 1 fully saturated rings. The van der Waals surface area contributed by atoms with E-state index in [1.807, 2.05) is 42.6 Å². The first-order valence-corrected chi connectivity index (χ1v) is 10.7. The highest BCUT2D eigenvalue weighted by atomic mass is 32.2. The molecule has 0 aliphatic carbocycles. The third-order valence-electron chi connectivity index (χ3n) is 5.20. The molecule has 1 atom stereocenters. The van der Waals surface area contributed by atoms with Gasteiger partial charge in [0.25, 0.3) is 0 Å². The van der Waals surface area contributed by atoms with Crippen molar-refractivity contribution in [3.63, 3.8) is 0 Å². The van der Waals surface area contributed by atoms with Crippen molar-refractivity contribution in [2.24, 2.45) is 0 Å². The van der Waals surface area contributed by atoms with Gasteiger partial charge in [-0.3, -0.25) is 0 Å². The fourth-order valence-electron chi connectivity index (χ4n) is 3.89. The number of aromatic amines is 1. The van der Waals surface area contributed by atoms with E-state index in [9.17, 15) is 8.42 Å². The molecule has 1 unspecified atom stereocenters. The monoisotopic (exact) mass is 396 g/mol. The topological polar surface area (TPSA) is 87.3 Å². The number of sulfonamides is 1. The fourth-order valence-corrected chi connectivity index (χ4v) is 5.35. The Bertz CT molecular complexity index is 1110. The van der Waals surface area contributed by atoms with Crippen LogP contribution >= 0.6 is 0 Å². The van der Waals surface area contributed by atoms with Crippen molar-refractivity contribution in [1.82, 2.24) is 14.7 Å². The first-order chi connectivity index (χ1) is 13.6. The van der Waals surface area contributed by atoms with E-state index in [4.69, 9.17) is 4.74 Å². The summed E-state index contributed by atoms with van der Waals surface area (Å²) in [5.41, 5.74) is 2.64. The van der Waals surface area contributed by atoms with Gasteiger partial charge in [0.15, 0.2) is 0 Å². The molecule has 8 heteroatoms. The third-order valence-corrected chi connectivity index (χ3v) is 6.69. The van der Waals surface area contributed by atoms with E-state index in [-0.39, 0.29) is 11.1 Å². The van der Waals surface area contributed by atoms with Gasteiger partial charge in [0, 0.05) is 30.8 Å². The van der Waals surface area contributed by atoms with Crippen molar-refractivity contribution >= 4 is 15.7 Å². The van der Waals surface area contributed by atoms with Crippen LogP contribution < -0.4 is 14.4 Å². The van der Waals surface area contributed by atoms with Gasteiger partial charge in [-0.25, -0.2) is 13.4 Å². The van der Waals surface area contributed by atoms with E-state index < -0.39 is 10.0 Å². The van der Waals surface area contributed by atoms with Crippen LogP contribution in [0.1, 0.15) is 24.1 Å². The quantitative estimate of drug-likeness (QED) is 0.708. The van der Waals surface area contributed by atoms with E-state index in [0.29, 0.717) is 17.9 Å². The Hall–Kier alpha value is -2.84. The van der Waals surface area contributed by atoms with Gasteiger partial charge in [-0.2, -0.15) is 4.72 Å². The van der Waals surface area contributed by atoms with Gasteiger partial charge in [0.2, 0.25) is 10.0 Å². The number of H-pyrrole nitrogens is 1. The lowest BCUT2D eigenvalue weighted by Crippen LogP contribution is -2.48. The maximum Gasteiger partial charge on any atom is 0.244 e. The lowest BCUT2D eigenvalue weighted by Gasteiger charge is -2.34. The molecule has 1 aromatic heterocycles. The molecular weight excluding hydrogens is 376 g/mol. The molecule has 0 amide bonds. The summed E-state index contributed by atoms with van der Waals surface area (Å²) in [5, 5.41) is 0. The van der Waals surface area contributed by atoms with Crippen molar-refractivity contribution in [2.45, 2.75) is 30.3 Å². The van der Waals surface area contributed by atoms with Crippen molar-refractivity contribution in [2.75, 3.05) is 11.4 Å². The van der Waals surface area contributed by atoms with E-state index in [1.165, 1.54) is 0 Å². The first-order valence-electron chi connectivity index (χ1n) is 9.27. The van der Waals surface area contributed by atoms with Crippen LogP contribution in [0.5, 0.6) is 11.5 Å². The molecule has 1 saturated heterocycles. The van der Waals surface area contributed by atoms with Crippen LogP contribution in [-0.2, 0) is 16.4 Å². The molecule has 0 spiro atoms. The predicted octanol–water partition coefficient (Wildman–Crippen LogP) is 3.01. The molecule has 144 valence electrons. The van der Waals surface area contributed by atoms with E-state index >= 15 is 0 Å². The number of ether oxygens (including phenoxy) is 1. The first kappa shape index (κ1) is 17.3. The van der Waals surface area contributed by atoms with Crippen LogP contribution in [0.15, 0.2) is 59.9 Å². The second-order valence-corrected chi connectivity index (χ2v) is 8.73. The molecular formula is C20H20N4O3S. The number of fused-ring (bicyclic) bond motifs is 3. The molecule has 3 aromatic rings. The summed E-state index contributed by atoms with van der Waals surface area (Å²) in [6.45, 7) is 0.854. The van der Waals surface area contributed by atoms with E-state index in [1.54, 1.807) is 12.4 Å². The molecule has 2 aliphatic rings. The summed E-state index contributed by atoms with van der Waals surface area (Å²) in [5.74, 6) is 1.18. The second-order valence-electron chi connectivity index (χ2n) is 7.05. The standard InChI is InChI=1S/C20H20N4O3S/c25-28(26)19-11-16(7-8-17(19)24-9-3-6-20(24)23-28)27-18-5-2-1-4-14(18)10-15-12-21-13-22-15/h1-2,4-5,7-8,11-13,20,23H,3,6,9-10H2,(H,21,22). The van der Waals surface area contributed by atoms with Crippen molar-refractivity contribution in [1.29, 1.82) is 0 Å². The smallest absolute Gasteiger partial charge is 0.244 e. The summed E-state index contributed by atoms with van der Waals surface area (Å²) < 4.78 is 34.2. The Morgan fingerprint density at radius 2 is 2.11 bits per heavy atom. The van der Waals surface area contributed by atoms with Gasteiger partial charge in [-0.1, -0.05) is 18.2 Å². The molecule has 0 saturated carbocycles. The van der Waals surface area contributed by atoms with Gasteiger partial charge in [-0.15, -0.1) is 0 Å². The molecule has 5 rings (SSSR count). The zero-order valence-electron chi connectivity index (χ0n) is 15.1. The van der Waals surface area contributed by atoms with Gasteiger partial charge in [0.05, 0.1) is 23.9 Å². The van der Waals surface area contributed by atoms with Gasteiger partial charge < -0.3 is 14.6 Å². The van der Waals surface area contributed by atoms with Crippen LogP contribution in [0.3, 0.4) is 0 Å². The lowest BCUT2D eigenvalue weighted by atomic mass is 10.1. The minimum absolute atomic E-state index is 0.140. The summed E-state index contributed by atoms with van der Waals surface area (Å²) >= 11 is 0. The molecule has 3 heterocycles. The Kier molecular flexibility index (Phi) is 4.10. The molecule has 2 N–H and O–H groups in total. The number of imidazole rings is 1. The Morgan fingerprint density at radius 1 is 1.21 bits per heavy atom. The predicted molar refractivity (Wildman–Crippen MR) is 105 cm³/mol. The van der Waals surface area contributed by atoms with Crippen molar-refractivity contribution in [3.05, 3.63) is 66.2 Å². The number of para-hydroxylation sites is 1. The number of rotatable bonds is 4. The van der Waals surface area contributed by atoms with Crippen LogP contribution in [0.25, 0.3) is 0 Å². The lowest BCUT2D eigenvalue weighted by molar-refractivity contribution is 0.474. The normalized spacial score (nSPS) is 19.9. The zero-order chi connectivity index (χ0) is 19.1. The SMILES string of the molecule is O=S1(=O)NC2CCCN2c2ccc(Oc3ccccc3Cc3c[nH]cn3)cc21. The summed E-state index contributed by atoms with van der Waals surface area (Å²) in [6.07, 6.45) is 5.79. The summed E-state index contributed by atoms with van der Waals surface area (Å²) in [4.78, 5) is 9.60. The van der Waals surface area contributed by atoms with Crippen LogP contribution in [-0.4, -0.2) is 31.1 Å². The molecule has 0 radical (unpaired) electrons. The highest BCUT2D eigenvalue weighted by molar-refractivity contribution is 7.89. The minimum atomic E-state index is -3.55.